The van der Waals surface area contributed by atoms with Crippen LogP contribution < -0.4 is 5.46 Å². The van der Waals surface area contributed by atoms with E-state index in [9.17, 15) is 0 Å². The van der Waals surface area contributed by atoms with Gasteiger partial charge in [0.15, 0.2) is 0 Å². The van der Waals surface area contributed by atoms with Crippen LogP contribution >= 0.6 is 0 Å². The highest BCUT2D eigenvalue weighted by atomic mass is 13.8. The van der Waals surface area contributed by atoms with Crippen LogP contribution in [-0.2, 0) is 0 Å². The molecule has 0 fully saturated rings. The van der Waals surface area contributed by atoms with Gasteiger partial charge in [-0.15, -0.1) is 0 Å². The molecule has 1 aromatic rings. The van der Waals surface area contributed by atoms with Crippen LogP contribution in [0.3, 0.4) is 0 Å². The predicted octanol–water partition coefficient (Wildman–Crippen LogP) is 0.521. The van der Waals surface area contributed by atoms with Gasteiger partial charge in [-0.25, -0.2) is 0 Å². The molecule has 0 saturated carbocycles. The third-order valence-corrected chi connectivity index (χ3v) is 1.12. The quantitative estimate of drug-likeness (QED) is 0.420. The molecular formula is C7H8B. The smallest absolute Gasteiger partial charge is 0.0925 e. The molecule has 0 N–H and O–H groups in total. The van der Waals surface area contributed by atoms with Crippen LogP contribution in [-0.4, -0.2) is 7.85 Å². The van der Waals surface area contributed by atoms with Gasteiger partial charge < -0.3 is 0 Å². The van der Waals surface area contributed by atoms with Gasteiger partial charge in [-0.2, -0.15) is 0 Å². The fraction of sp³-hybridized carbons (Fsp3) is 0.143. The average Bonchev–Trinajstić information content (AvgIpc) is 1.77. The van der Waals surface area contributed by atoms with Crippen molar-refractivity contribution in [2.45, 2.75) is 6.92 Å². The fourth-order valence-electron chi connectivity index (χ4n) is 0.588. The van der Waals surface area contributed by atoms with Crippen LogP contribution in [0, 0.1) is 6.92 Å². The molecule has 0 aliphatic heterocycles. The Balaban J connectivity index is 3.03. The van der Waals surface area contributed by atoms with E-state index in [1.807, 2.05) is 12.1 Å². The van der Waals surface area contributed by atoms with Crippen molar-refractivity contribution < 1.29 is 0 Å². The van der Waals surface area contributed by atoms with Crippen molar-refractivity contribution >= 4 is 13.3 Å². The predicted molar refractivity (Wildman–Crippen MR) is 38.0 cm³/mol. The maximum absolute atomic E-state index is 3.76. The zero-order valence-electron chi connectivity index (χ0n) is 5.02. The first-order valence-electron chi connectivity index (χ1n) is 2.67. The molecular weight excluding hydrogens is 94.9 g/mol. The van der Waals surface area contributed by atoms with Crippen LogP contribution in [0.25, 0.3) is 0 Å². The molecule has 0 amide bonds. The normalized spacial score (nSPS) is 9.12. The van der Waals surface area contributed by atoms with E-state index in [1.165, 1.54) is 5.56 Å². The van der Waals surface area contributed by atoms with Crippen LogP contribution in [0.15, 0.2) is 24.3 Å². The highest BCUT2D eigenvalue weighted by Gasteiger charge is 1.79. The molecule has 0 saturated heterocycles. The van der Waals surface area contributed by atoms with Crippen LogP contribution in [0.1, 0.15) is 5.56 Å². The Morgan fingerprint density at radius 3 is 2.00 bits per heavy atom. The zero-order valence-corrected chi connectivity index (χ0v) is 5.02. The van der Waals surface area contributed by atoms with Crippen LogP contribution in [0.4, 0.5) is 0 Å². The monoisotopic (exact) mass is 103 g/mol. The van der Waals surface area contributed by atoms with Crippen molar-refractivity contribution in [2.75, 3.05) is 0 Å². The summed E-state index contributed by atoms with van der Waals surface area (Å²) in [5.74, 6) is 0. The molecule has 1 rings (SSSR count). The Hall–Kier alpha value is -0.715. The second-order valence-electron chi connectivity index (χ2n) is 1.99. The van der Waals surface area contributed by atoms with Gasteiger partial charge in [0.2, 0.25) is 0 Å². The van der Waals surface area contributed by atoms with E-state index in [1.54, 1.807) is 0 Å². The van der Waals surface area contributed by atoms with E-state index >= 15 is 0 Å². The zero-order chi connectivity index (χ0) is 5.98. The van der Waals surface area contributed by atoms with Crippen molar-refractivity contribution in [1.29, 1.82) is 0 Å². The minimum absolute atomic E-state index is 1.08. The summed E-state index contributed by atoms with van der Waals surface area (Å²) >= 11 is 0. The number of hydrogen-bond donors (Lipinski definition) is 0. The molecule has 8 heavy (non-hydrogen) atoms. The Morgan fingerprint density at radius 1 is 1.12 bits per heavy atom. The Bertz CT molecular complexity index is 143. The standard InChI is InChI=1S/C7H8B/c1-6-2-4-7(8)5-3-6/h2-5,8H,1H3. The topological polar surface area (TPSA) is 0 Å². The molecule has 0 heterocycles. The molecule has 0 unspecified atom stereocenters. The van der Waals surface area contributed by atoms with E-state index in [0.29, 0.717) is 0 Å². The Labute approximate surface area is 50.9 Å². The lowest BCUT2D eigenvalue weighted by atomic mass is 9.96. The first-order valence-corrected chi connectivity index (χ1v) is 2.67. The summed E-state index contributed by atoms with van der Waals surface area (Å²) in [5.41, 5.74) is 2.37. The van der Waals surface area contributed by atoms with E-state index in [2.05, 4.69) is 26.9 Å². The lowest BCUT2D eigenvalue weighted by Gasteiger charge is -1.90. The molecule has 0 aliphatic rings. The minimum atomic E-state index is 1.08. The molecule has 0 aromatic heterocycles. The van der Waals surface area contributed by atoms with E-state index < -0.39 is 0 Å². The first-order chi connectivity index (χ1) is 3.79. The van der Waals surface area contributed by atoms with Gasteiger partial charge in [-0.05, 0) is 6.92 Å². The number of rotatable bonds is 0. The molecule has 0 bridgehead atoms. The van der Waals surface area contributed by atoms with E-state index in [-0.39, 0.29) is 0 Å². The van der Waals surface area contributed by atoms with Gasteiger partial charge >= 0.3 is 0 Å². The number of benzene rings is 1. The fourth-order valence-corrected chi connectivity index (χ4v) is 0.588. The highest BCUT2D eigenvalue weighted by molar-refractivity contribution is 6.32. The summed E-state index contributed by atoms with van der Waals surface area (Å²) in [6.07, 6.45) is 0. The van der Waals surface area contributed by atoms with Gasteiger partial charge in [0, 0.05) is 0 Å². The number of aryl methyl sites for hydroxylation is 1. The van der Waals surface area contributed by atoms with Crippen molar-refractivity contribution in [2.24, 2.45) is 0 Å². The van der Waals surface area contributed by atoms with Gasteiger partial charge in [0.1, 0.15) is 7.85 Å². The Morgan fingerprint density at radius 2 is 1.62 bits per heavy atom. The van der Waals surface area contributed by atoms with Crippen molar-refractivity contribution in [3.8, 4) is 0 Å². The van der Waals surface area contributed by atoms with Crippen molar-refractivity contribution in [3.63, 3.8) is 0 Å². The average molecular weight is 103 g/mol. The third kappa shape index (κ3) is 1.13. The maximum atomic E-state index is 3.76. The van der Waals surface area contributed by atoms with Crippen LogP contribution in [0.2, 0.25) is 0 Å². The van der Waals surface area contributed by atoms with E-state index in [4.69, 9.17) is 0 Å². The largest absolute Gasteiger partial charge is 0.129 e. The van der Waals surface area contributed by atoms with Gasteiger partial charge in [-0.3, -0.25) is 0 Å². The Kier molecular flexibility index (Phi) is 1.38. The SMILES string of the molecule is [BH]c1ccc(C)cc1. The molecule has 0 atom stereocenters. The maximum Gasteiger partial charge on any atom is 0.129 e. The van der Waals surface area contributed by atoms with Crippen molar-refractivity contribution in [1.82, 2.24) is 0 Å². The first kappa shape index (κ1) is 5.42. The van der Waals surface area contributed by atoms with Gasteiger partial charge in [0.05, 0.1) is 0 Å². The molecule has 1 heteroatoms. The molecule has 39 valence electrons. The molecule has 0 aliphatic carbocycles. The molecule has 0 spiro atoms. The van der Waals surface area contributed by atoms with E-state index in [0.717, 1.165) is 5.46 Å². The second kappa shape index (κ2) is 2.04. The minimum Gasteiger partial charge on any atom is -0.0925 e. The molecule has 0 nitrogen and oxygen atoms in total. The van der Waals surface area contributed by atoms with Crippen LogP contribution in [0.5, 0.6) is 0 Å². The summed E-state index contributed by atoms with van der Waals surface area (Å²) in [6.45, 7) is 2.07. The second-order valence-corrected chi connectivity index (χ2v) is 1.99. The lowest BCUT2D eigenvalue weighted by molar-refractivity contribution is 1.49. The molecule has 1 radical (unpaired) electrons. The summed E-state index contributed by atoms with van der Waals surface area (Å²) in [4.78, 5) is 0. The van der Waals surface area contributed by atoms with Gasteiger partial charge in [-0.1, -0.05) is 35.3 Å². The highest BCUT2D eigenvalue weighted by Crippen LogP contribution is 1.90. The van der Waals surface area contributed by atoms with Crippen molar-refractivity contribution in [3.05, 3.63) is 29.8 Å². The molecule has 1 aromatic carbocycles. The number of hydrogen-bond acceptors (Lipinski definition) is 0. The summed E-state index contributed by atoms with van der Waals surface area (Å²) < 4.78 is 0. The summed E-state index contributed by atoms with van der Waals surface area (Å²) in [6, 6.07) is 8.13. The lowest BCUT2D eigenvalue weighted by Crippen LogP contribution is -1.98. The third-order valence-electron chi connectivity index (χ3n) is 1.12. The summed E-state index contributed by atoms with van der Waals surface area (Å²) in [5, 5.41) is 0. The van der Waals surface area contributed by atoms with Gasteiger partial charge in [0.25, 0.3) is 0 Å². The summed E-state index contributed by atoms with van der Waals surface area (Å²) in [7, 11) is 3.76.